The molecule has 0 aliphatic heterocycles. The van der Waals surface area contributed by atoms with E-state index in [-0.39, 0.29) is 48.1 Å². The SMILES string of the molecule is CCCCCCCCCc1ccccc1OP(=S)([S-])Oc1ccccc1CCCCCCCCC.CCCCCCCCCc1ccccc1OP(=S)([S-])Oc1ccccc1CCCCCCCCC.[Mo].[S-2].[S-2]. The monoisotopic (exact) mass is 1230 g/mol. The Kier molecular flexibility index (Phi) is 46.0. The van der Waals surface area contributed by atoms with Crippen molar-refractivity contribution in [3.05, 3.63) is 119 Å². The molecular weight excluding hydrogens is 1130 g/mol. The van der Waals surface area contributed by atoms with Gasteiger partial charge in [0.1, 0.15) is 23.0 Å². The van der Waals surface area contributed by atoms with Crippen LogP contribution in [0.5, 0.6) is 23.0 Å². The van der Waals surface area contributed by atoms with Gasteiger partial charge in [-0.15, -0.1) is 0 Å². The van der Waals surface area contributed by atoms with Gasteiger partial charge in [-0.05, 0) is 121 Å². The van der Waals surface area contributed by atoms with E-state index >= 15 is 0 Å². The first kappa shape index (κ1) is 72.5. The summed E-state index contributed by atoms with van der Waals surface area (Å²) in [4.78, 5) is 0. The number of para-hydroxylation sites is 4. The van der Waals surface area contributed by atoms with Crippen molar-refractivity contribution < 1.29 is 39.2 Å². The van der Waals surface area contributed by atoms with Crippen molar-refractivity contribution in [3.8, 4) is 23.0 Å². The van der Waals surface area contributed by atoms with Crippen LogP contribution in [-0.2, 0) is 122 Å². The van der Waals surface area contributed by atoms with Crippen LogP contribution in [0.4, 0.5) is 0 Å². The molecule has 0 spiro atoms. The summed E-state index contributed by atoms with van der Waals surface area (Å²) in [5, 5.41) is 0. The largest absolute Gasteiger partial charge is 2.00 e. The van der Waals surface area contributed by atoms with Gasteiger partial charge in [-0.2, -0.15) is 0 Å². The van der Waals surface area contributed by atoms with E-state index in [1.807, 2.05) is 48.5 Å². The van der Waals surface area contributed by atoms with E-state index in [0.717, 1.165) is 74.4 Å². The van der Waals surface area contributed by atoms with Crippen LogP contribution in [0.2, 0.25) is 0 Å². The standard InChI is InChI=1S/2C30H47O2PS2.Mo.2S/c2*1-3-5-7-9-11-13-15-21-27-23-17-19-25-29(27)31-33(34,35)32-30-26-20-18-24-28(30)22-16-14-12-10-8-6-4-2;;;/h2*17-20,23-26H,3-16,21-22H2,1-2H3,(H,34,35);;;/q;;;2*-2/p-2. The Balaban J connectivity index is 0.00000136. The number of hydrogen-bond acceptors (Lipinski definition) is 8. The Morgan fingerprint density at radius 3 is 0.658 bits per heavy atom. The van der Waals surface area contributed by atoms with E-state index in [9.17, 15) is 0 Å². The van der Waals surface area contributed by atoms with Crippen molar-refractivity contribution in [1.29, 1.82) is 0 Å². The molecule has 0 saturated heterocycles. The summed E-state index contributed by atoms with van der Waals surface area (Å²) in [5.74, 6) is 3.17. The van der Waals surface area contributed by atoms with E-state index < -0.39 is 11.4 Å². The molecule has 0 aliphatic rings. The quantitative estimate of drug-likeness (QED) is 0.0189. The molecule has 0 atom stereocenters. The number of aryl methyl sites for hydroxylation is 4. The third-order valence-electron chi connectivity index (χ3n) is 12.9. The molecule has 0 aliphatic carbocycles. The molecule has 0 bridgehead atoms. The van der Waals surface area contributed by atoms with Gasteiger partial charge in [-0.3, -0.25) is 0 Å². The minimum absolute atomic E-state index is 0. The average molecular weight is 1230 g/mol. The number of rotatable bonds is 40. The van der Waals surface area contributed by atoms with Gasteiger partial charge >= 0.3 is 0 Å². The Morgan fingerprint density at radius 2 is 0.466 bits per heavy atom. The summed E-state index contributed by atoms with van der Waals surface area (Å²) in [6.45, 7) is 9.04. The second kappa shape index (κ2) is 46.4. The molecule has 4 rings (SSSR count). The van der Waals surface area contributed by atoms with Crippen LogP contribution in [-0.4, -0.2) is 0 Å². The summed E-state index contributed by atoms with van der Waals surface area (Å²) in [7, 11) is 0. The maximum atomic E-state index is 6.20. The first-order valence-corrected chi connectivity index (χ1v) is 35.1. The van der Waals surface area contributed by atoms with Gasteiger partial charge in [-0.1, -0.05) is 255 Å². The number of hydrogen-bond donors (Lipinski definition) is 0. The second-order valence-corrected chi connectivity index (χ2v) is 28.9. The molecular formula is C60H92MoO4P2S6-6. The summed E-state index contributed by atoms with van der Waals surface area (Å²) in [6.07, 6.45) is 40.2. The van der Waals surface area contributed by atoms with E-state index in [4.69, 9.17) is 66.2 Å². The fourth-order valence-electron chi connectivity index (χ4n) is 8.81. The van der Waals surface area contributed by atoms with Gasteiger partial charge in [0, 0.05) is 21.1 Å². The van der Waals surface area contributed by atoms with Gasteiger partial charge in [0.25, 0.3) is 0 Å². The molecule has 0 amide bonds. The van der Waals surface area contributed by atoms with Gasteiger partial charge in [0.2, 0.25) is 0 Å². The molecule has 0 radical (unpaired) electrons. The Bertz CT molecular complexity index is 1770. The van der Waals surface area contributed by atoms with Crippen LogP contribution in [0.1, 0.15) is 230 Å². The topological polar surface area (TPSA) is 36.9 Å². The van der Waals surface area contributed by atoms with Crippen molar-refractivity contribution in [2.45, 2.75) is 233 Å². The molecule has 0 N–H and O–H groups in total. The van der Waals surface area contributed by atoms with Crippen molar-refractivity contribution in [2.75, 3.05) is 0 Å². The van der Waals surface area contributed by atoms with Crippen LogP contribution >= 0.6 is 11.4 Å². The van der Waals surface area contributed by atoms with Crippen LogP contribution in [0.15, 0.2) is 97.1 Å². The molecule has 0 aromatic heterocycles. The van der Waals surface area contributed by atoms with Crippen LogP contribution in [0.25, 0.3) is 0 Å². The molecule has 0 unspecified atom stereocenters. The predicted octanol–water partition coefficient (Wildman–Crippen LogP) is 21.0. The van der Waals surface area contributed by atoms with Crippen LogP contribution < -0.4 is 18.1 Å². The molecule has 0 fully saturated rings. The zero-order chi connectivity index (χ0) is 50.4. The Labute approximate surface area is 496 Å². The van der Waals surface area contributed by atoms with E-state index in [2.05, 4.69) is 76.2 Å². The zero-order valence-electron chi connectivity index (χ0n) is 45.3. The summed E-state index contributed by atoms with van der Waals surface area (Å²) < 4.78 is 24.8. The third kappa shape index (κ3) is 34.9. The van der Waals surface area contributed by atoms with Crippen LogP contribution in [0, 0.1) is 0 Å². The zero-order valence-corrected chi connectivity index (χ0v) is 53.9. The minimum atomic E-state index is -2.89. The second-order valence-electron chi connectivity index (χ2n) is 19.2. The molecule has 0 heterocycles. The van der Waals surface area contributed by atoms with Crippen LogP contribution in [0.3, 0.4) is 0 Å². The maximum Gasteiger partial charge on any atom is 0.156 e. The molecule has 4 aromatic carbocycles. The van der Waals surface area contributed by atoms with Gasteiger partial charge < -0.3 is 69.6 Å². The predicted molar refractivity (Wildman–Crippen MR) is 333 cm³/mol. The third-order valence-corrected chi connectivity index (χ3v) is 16.4. The van der Waals surface area contributed by atoms with Crippen molar-refractivity contribution in [2.24, 2.45) is 0 Å². The molecule has 13 heteroatoms. The fourth-order valence-corrected chi connectivity index (χ4v) is 12.5. The minimum Gasteiger partial charge on any atom is -2.00 e. The van der Waals surface area contributed by atoms with E-state index in [1.54, 1.807) is 0 Å². The van der Waals surface area contributed by atoms with Gasteiger partial charge in [0.05, 0.1) is 0 Å². The van der Waals surface area contributed by atoms with Gasteiger partial charge in [0.15, 0.2) is 11.4 Å². The first-order chi connectivity index (χ1) is 34.1. The number of benzene rings is 4. The average Bonchev–Trinajstić information content (AvgIpc) is 3.34. The maximum absolute atomic E-state index is 6.20. The molecule has 0 saturated carbocycles. The van der Waals surface area contributed by atoms with Gasteiger partial charge in [-0.25, -0.2) is 0 Å². The fraction of sp³-hybridized carbons (Fsp3) is 0.600. The summed E-state index contributed by atoms with van der Waals surface area (Å²) in [6, 6.07) is 32.7. The van der Waals surface area contributed by atoms with Crippen molar-refractivity contribution >= 4 is 86.5 Å². The van der Waals surface area contributed by atoms with E-state index in [1.165, 1.54) is 176 Å². The van der Waals surface area contributed by atoms with Crippen molar-refractivity contribution in [3.63, 3.8) is 0 Å². The smallest absolute Gasteiger partial charge is 0.156 e. The molecule has 4 aromatic rings. The summed E-state index contributed by atoms with van der Waals surface area (Å²) >= 11 is 22.8. The molecule has 73 heavy (non-hydrogen) atoms. The summed E-state index contributed by atoms with van der Waals surface area (Å²) in [5.41, 5.74) is -1.05. The van der Waals surface area contributed by atoms with Crippen molar-refractivity contribution in [1.82, 2.24) is 0 Å². The molecule has 4 nitrogen and oxygen atoms in total. The first-order valence-electron chi connectivity index (χ1n) is 27.8. The Hall–Kier alpha value is -0.532. The molecule has 414 valence electrons. The number of unbranched alkanes of at least 4 members (excludes halogenated alkanes) is 24. The normalized spacial score (nSPS) is 11.0. The van der Waals surface area contributed by atoms with E-state index in [0.29, 0.717) is 0 Å². The Morgan fingerprint density at radius 1 is 0.301 bits per heavy atom.